The van der Waals surface area contributed by atoms with Crippen molar-refractivity contribution in [1.29, 1.82) is 5.41 Å². The summed E-state index contributed by atoms with van der Waals surface area (Å²) < 4.78 is 2.21. The number of hydrazone groups is 1. The summed E-state index contributed by atoms with van der Waals surface area (Å²) in [6.07, 6.45) is 7.74. The fourth-order valence-electron chi connectivity index (χ4n) is 5.38. The number of fused-ring (bicyclic) bond motifs is 2. The second-order valence-electron chi connectivity index (χ2n) is 9.45. The minimum Gasteiger partial charge on any atom is -0.317 e. The fraction of sp³-hybridized carbons (Fsp3) is 0.286. The van der Waals surface area contributed by atoms with E-state index in [2.05, 4.69) is 65.9 Å². The average molecular weight is 482 g/mol. The van der Waals surface area contributed by atoms with Gasteiger partial charge >= 0.3 is 0 Å². The average Bonchev–Trinajstić information content (AvgIpc) is 3.42. The Morgan fingerprint density at radius 3 is 2.66 bits per heavy atom. The van der Waals surface area contributed by atoms with Crippen LogP contribution in [-0.4, -0.2) is 31.5 Å². The lowest BCUT2D eigenvalue weighted by molar-refractivity contribution is -0.114. The van der Waals surface area contributed by atoms with Gasteiger partial charge in [-0.2, -0.15) is 15.1 Å². The number of thioether (sulfide) groups is 1. The zero-order chi connectivity index (χ0) is 24.1. The molecule has 1 aromatic heterocycles. The van der Waals surface area contributed by atoms with Crippen LogP contribution in [0.5, 0.6) is 0 Å². The number of aromatic nitrogens is 1. The smallest absolute Gasteiger partial charge is 0.283 e. The molecule has 0 unspecified atom stereocenters. The molecule has 2 aliphatic heterocycles. The Morgan fingerprint density at radius 1 is 1.06 bits per heavy atom. The van der Waals surface area contributed by atoms with Crippen molar-refractivity contribution in [3.8, 4) is 5.69 Å². The SMILES string of the molecule is Cc1cc(C=C2C(=N)N3N=C(C4CCCCC4)SC3=NC2=O)c(C)n1-c1cccc2ccccc12. The highest BCUT2D eigenvalue weighted by Gasteiger charge is 2.38. The van der Waals surface area contributed by atoms with Gasteiger partial charge in [-0.1, -0.05) is 55.7 Å². The Kier molecular flexibility index (Phi) is 5.44. The second kappa shape index (κ2) is 8.64. The Labute approximate surface area is 208 Å². The molecule has 3 heterocycles. The standard InChI is InChI=1S/C28H27N5OS/c1-17-15-21(18(2)32(17)24-14-8-12-19-9-6-7-13-22(19)24)16-23-25(29)33-28(30-26(23)34)35-27(31-33)20-10-4-3-5-11-20/h6-9,12-16,20,29H,3-5,10-11H2,1-2H3. The van der Waals surface area contributed by atoms with Crippen LogP contribution in [0.2, 0.25) is 0 Å². The zero-order valence-electron chi connectivity index (χ0n) is 19.9. The highest BCUT2D eigenvalue weighted by atomic mass is 32.2. The molecule has 35 heavy (non-hydrogen) atoms. The highest BCUT2D eigenvalue weighted by Crippen LogP contribution is 2.36. The molecule has 0 bridgehead atoms. The van der Waals surface area contributed by atoms with Crippen LogP contribution >= 0.6 is 11.8 Å². The molecule has 0 radical (unpaired) electrons. The van der Waals surface area contributed by atoms with Crippen molar-refractivity contribution in [2.75, 3.05) is 0 Å². The molecule has 6 rings (SSSR count). The molecule has 1 N–H and O–H groups in total. The number of hydrogen-bond acceptors (Lipinski definition) is 4. The monoisotopic (exact) mass is 481 g/mol. The number of amidine groups is 2. The fourth-order valence-corrected chi connectivity index (χ4v) is 6.44. The number of carbonyl (C=O) groups is 1. The predicted molar refractivity (Wildman–Crippen MR) is 144 cm³/mol. The number of rotatable bonds is 3. The van der Waals surface area contributed by atoms with Gasteiger partial charge in [0.15, 0.2) is 5.84 Å². The number of aliphatic imine (C=N–C) groups is 1. The van der Waals surface area contributed by atoms with E-state index in [0.717, 1.165) is 40.5 Å². The first-order chi connectivity index (χ1) is 17.0. The van der Waals surface area contributed by atoms with Crippen molar-refractivity contribution in [1.82, 2.24) is 9.58 Å². The molecule has 1 fully saturated rings. The lowest BCUT2D eigenvalue weighted by Gasteiger charge is -2.20. The van der Waals surface area contributed by atoms with E-state index < -0.39 is 0 Å². The molecule has 1 aliphatic carbocycles. The van der Waals surface area contributed by atoms with E-state index in [9.17, 15) is 4.79 Å². The van der Waals surface area contributed by atoms with Crippen molar-refractivity contribution < 1.29 is 4.79 Å². The molecule has 0 spiro atoms. The molecular weight excluding hydrogens is 454 g/mol. The van der Waals surface area contributed by atoms with Gasteiger partial charge in [0.2, 0.25) is 5.17 Å². The third-order valence-electron chi connectivity index (χ3n) is 7.20. The maximum absolute atomic E-state index is 13.0. The number of benzene rings is 2. The van der Waals surface area contributed by atoms with E-state index in [1.165, 1.54) is 41.8 Å². The highest BCUT2D eigenvalue weighted by molar-refractivity contribution is 8.27. The molecule has 2 aromatic carbocycles. The Bertz CT molecular complexity index is 1470. The van der Waals surface area contributed by atoms with E-state index in [4.69, 9.17) is 10.5 Å². The van der Waals surface area contributed by atoms with Gasteiger partial charge in [0.05, 0.1) is 11.3 Å². The summed E-state index contributed by atoms with van der Waals surface area (Å²) in [7, 11) is 0. The van der Waals surface area contributed by atoms with E-state index in [-0.39, 0.29) is 17.3 Å². The molecule has 1 saturated carbocycles. The third kappa shape index (κ3) is 3.74. The number of nitrogens with one attached hydrogen (secondary N) is 1. The van der Waals surface area contributed by atoms with Gasteiger partial charge in [0.25, 0.3) is 5.91 Å². The summed E-state index contributed by atoms with van der Waals surface area (Å²) in [6, 6.07) is 16.7. The molecule has 1 amide bonds. The normalized spacial score (nSPS) is 19.9. The van der Waals surface area contributed by atoms with Crippen molar-refractivity contribution in [3.05, 3.63) is 71.1 Å². The second-order valence-corrected chi connectivity index (χ2v) is 10.4. The minimum absolute atomic E-state index is 0.105. The van der Waals surface area contributed by atoms with E-state index in [1.807, 2.05) is 6.07 Å². The molecule has 3 aromatic rings. The van der Waals surface area contributed by atoms with Gasteiger partial charge < -0.3 is 4.57 Å². The van der Waals surface area contributed by atoms with Crippen molar-refractivity contribution in [3.63, 3.8) is 0 Å². The topological polar surface area (TPSA) is 73.8 Å². The van der Waals surface area contributed by atoms with Crippen molar-refractivity contribution in [2.24, 2.45) is 16.0 Å². The largest absolute Gasteiger partial charge is 0.317 e. The Morgan fingerprint density at radius 2 is 1.83 bits per heavy atom. The van der Waals surface area contributed by atoms with Crippen molar-refractivity contribution in [2.45, 2.75) is 46.0 Å². The zero-order valence-corrected chi connectivity index (χ0v) is 20.7. The van der Waals surface area contributed by atoms with Gasteiger partial charge in [-0.15, -0.1) is 0 Å². The predicted octanol–water partition coefficient (Wildman–Crippen LogP) is 6.45. The molecule has 176 valence electrons. The van der Waals surface area contributed by atoms with Gasteiger partial charge in [-0.05, 0) is 67.6 Å². The molecule has 3 aliphatic rings. The summed E-state index contributed by atoms with van der Waals surface area (Å²) in [6.45, 7) is 4.12. The maximum Gasteiger partial charge on any atom is 0.283 e. The van der Waals surface area contributed by atoms with Crippen LogP contribution in [-0.2, 0) is 4.79 Å². The molecule has 7 heteroatoms. The number of amides is 1. The first-order valence-electron chi connectivity index (χ1n) is 12.2. The van der Waals surface area contributed by atoms with Crippen LogP contribution in [0.15, 0.2) is 64.2 Å². The van der Waals surface area contributed by atoms with Crippen LogP contribution in [0.1, 0.15) is 49.1 Å². The number of hydrogen-bond donors (Lipinski definition) is 1. The number of nitrogens with zero attached hydrogens (tertiary/aromatic N) is 4. The van der Waals surface area contributed by atoms with Gasteiger partial charge in [0.1, 0.15) is 5.04 Å². The molecule has 6 nitrogen and oxygen atoms in total. The third-order valence-corrected chi connectivity index (χ3v) is 8.27. The van der Waals surface area contributed by atoms with Crippen LogP contribution in [0.3, 0.4) is 0 Å². The van der Waals surface area contributed by atoms with Crippen LogP contribution in [0.4, 0.5) is 0 Å². The number of aryl methyl sites for hydroxylation is 1. The van der Waals surface area contributed by atoms with Crippen LogP contribution in [0.25, 0.3) is 22.5 Å². The summed E-state index contributed by atoms with van der Waals surface area (Å²) in [5.74, 6) is 0.147. The summed E-state index contributed by atoms with van der Waals surface area (Å²) >= 11 is 1.46. The summed E-state index contributed by atoms with van der Waals surface area (Å²) in [5, 5.41) is 18.9. The first-order valence-corrected chi connectivity index (χ1v) is 13.0. The lowest BCUT2D eigenvalue weighted by Crippen LogP contribution is -2.35. The van der Waals surface area contributed by atoms with Crippen LogP contribution < -0.4 is 0 Å². The number of carbonyl (C=O) groups excluding carboxylic acids is 1. The lowest BCUT2D eigenvalue weighted by atomic mass is 9.90. The van der Waals surface area contributed by atoms with Gasteiger partial charge in [-0.3, -0.25) is 10.2 Å². The Balaban J connectivity index is 1.37. The summed E-state index contributed by atoms with van der Waals surface area (Å²) in [5.41, 5.74) is 4.38. The van der Waals surface area contributed by atoms with Crippen molar-refractivity contribution >= 4 is 50.6 Å². The Hall–Kier alpha value is -3.45. The van der Waals surface area contributed by atoms with E-state index in [0.29, 0.717) is 11.1 Å². The van der Waals surface area contributed by atoms with E-state index >= 15 is 0 Å². The van der Waals surface area contributed by atoms with Gasteiger partial charge in [-0.25, -0.2) is 0 Å². The summed E-state index contributed by atoms with van der Waals surface area (Å²) in [4.78, 5) is 17.3. The molecular formula is C28H27N5OS. The first kappa shape index (κ1) is 22.0. The van der Waals surface area contributed by atoms with Gasteiger partial charge in [0, 0.05) is 22.7 Å². The molecule has 0 saturated heterocycles. The van der Waals surface area contributed by atoms with Crippen LogP contribution in [0, 0.1) is 25.2 Å². The van der Waals surface area contributed by atoms with E-state index in [1.54, 1.807) is 11.1 Å². The molecule has 0 atom stereocenters. The maximum atomic E-state index is 13.0. The minimum atomic E-state index is -0.371. The quantitative estimate of drug-likeness (QED) is 0.437.